The van der Waals surface area contributed by atoms with E-state index in [9.17, 15) is 22.8 Å². The predicted octanol–water partition coefficient (Wildman–Crippen LogP) is 3.00. The fourth-order valence-electron chi connectivity index (χ4n) is 2.20. The van der Waals surface area contributed by atoms with E-state index in [0.717, 1.165) is 18.2 Å². The van der Waals surface area contributed by atoms with Gasteiger partial charge in [0.1, 0.15) is 12.3 Å². The van der Waals surface area contributed by atoms with Gasteiger partial charge in [0.05, 0.1) is 18.6 Å². The molecule has 0 saturated carbocycles. The van der Waals surface area contributed by atoms with Crippen molar-refractivity contribution in [1.29, 1.82) is 0 Å². The summed E-state index contributed by atoms with van der Waals surface area (Å²) in [6.07, 6.45) is -1.80. The minimum absolute atomic E-state index is 0.208. The van der Waals surface area contributed by atoms with Gasteiger partial charge < -0.3 is 14.3 Å². The van der Waals surface area contributed by atoms with E-state index in [0.29, 0.717) is 17.0 Å². The van der Waals surface area contributed by atoms with Gasteiger partial charge in [-0.2, -0.15) is 13.2 Å². The van der Waals surface area contributed by atoms with Gasteiger partial charge in [0.15, 0.2) is 5.16 Å². The van der Waals surface area contributed by atoms with Crippen molar-refractivity contribution in [3.63, 3.8) is 0 Å². The van der Waals surface area contributed by atoms with Gasteiger partial charge in [-0.3, -0.25) is 9.59 Å². The zero-order valence-corrected chi connectivity index (χ0v) is 14.8. The van der Waals surface area contributed by atoms with Gasteiger partial charge in [-0.25, -0.2) is 4.98 Å². The first-order valence-electron chi connectivity index (χ1n) is 7.87. The molecule has 10 heteroatoms. The monoisotopic (exact) mass is 389 g/mol. The summed E-state index contributed by atoms with van der Waals surface area (Å²) in [4.78, 5) is 31.2. The summed E-state index contributed by atoms with van der Waals surface area (Å²) in [7, 11) is 0. The molecule has 26 heavy (non-hydrogen) atoms. The van der Waals surface area contributed by atoms with Crippen molar-refractivity contribution in [2.75, 3.05) is 12.3 Å². The number of carbonyl (C=O) groups excluding carboxylic acids is 1. The number of furan rings is 1. The molecule has 2 aromatic rings. The number of nitrogens with one attached hydrogen (secondary N) is 1. The molecule has 6 nitrogen and oxygen atoms in total. The second kappa shape index (κ2) is 8.93. The standard InChI is InChI=1S/C16H18F3N3O3S/c1-2-4-11-7-13(23)21-15(20-11)26-9-14(24)22(10-16(17,18)19)8-12-5-3-6-25-12/h3,5-7H,2,4,8-10H2,1H3,(H,20,21,23). The SMILES string of the molecule is CCCc1cc(=O)[nH]c(SCC(=O)N(Cc2ccco2)CC(F)(F)F)n1. The topological polar surface area (TPSA) is 79.2 Å². The second-order valence-corrected chi connectivity index (χ2v) is 6.49. The Kier molecular flexibility index (Phi) is 6.90. The van der Waals surface area contributed by atoms with Crippen molar-refractivity contribution < 1.29 is 22.4 Å². The Morgan fingerprint density at radius 2 is 2.19 bits per heavy atom. The maximum atomic E-state index is 12.8. The van der Waals surface area contributed by atoms with Crippen LogP contribution < -0.4 is 5.56 Å². The zero-order chi connectivity index (χ0) is 19.2. The first-order valence-corrected chi connectivity index (χ1v) is 8.85. The number of amides is 1. The van der Waals surface area contributed by atoms with Gasteiger partial charge in [-0.15, -0.1) is 0 Å². The Balaban J connectivity index is 2.05. The van der Waals surface area contributed by atoms with Crippen molar-refractivity contribution in [3.05, 3.63) is 46.3 Å². The number of carbonyl (C=O) groups is 1. The van der Waals surface area contributed by atoms with E-state index in [1.165, 1.54) is 24.5 Å². The van der Waals surface area contributed by atoms with Crippen LogP contribution in [0, 0.1) is 0 Å². The second-order valence-electron chi connectivity index (χ2n) is 5.52. The molecular weight excluding hydrogens is 371 g/mol. The van der Waals surface area contributed by atoms with E-state index in [1.807, 2.05) is 6.92 Å². The minimum Gasteiger partial charge on any atom is -0.467 e. The lowest BCUT2D eigenvalue weighted by atomic mass is 10.2. The molecule has 0 spiro atoms. The Hall–Kier alpha value is -2.23. The molecule has 0 radical (unpaired) electrons. The molecule has 2 heterocycles. The number of nitrogens with zero attached hydrogens (tertiary/aromatic N) is 2. The lowest BCUT2D eigenvalue weighted by molar-refractivity contribution is -0.161. The van der Waals surface area contributed by atoms with Crippen molar-refractivity contribution in [2.24, 2.45) is 0 Å². The first-order chi connectivity index (χ1) is 12.3. The molecule has 0 saturated heterocycles. The highest BCUT2D eigenvalue weighted by Crippen LogP contribution is 2.20. The number of aromatic nitrogens is 2. The number of aryl methyl sites for hydroxylation is 1. The molecular formula is C16H18F3N3O3S. The average molecular weight is 389 g/mol. The van der Waals surface area contributed by atoms with Gasteiger partial charge in [0, 0.05) is 11.8 Å². The number of rotatable bonds is 8. The van der Waals surface area contributed by atoms with Gasteiger partial charge >= 0.3 is 6.18 Å². The largest absolute Gasteiger partial charge is 0.467 e. The lowest BCUT2D eigenvalue weighted by Crippen LogP contribution is -2.39. The Morgan fingerprint density at radius 1 is 1.42 bits per heavy atom. The van der Waals surface area contributed by atoms with Crippen LogP contribution in [0.15, 0.2) is 38.8 Å². The van der Waals surface area contributed by atoms with Crippen molar-refractivity contribution in [1.82, 2.24) is 14.9 Å². The number of aromatic amines is 1. The molecule has 0 atom stereocenters. The third-order valence-electron chi connectivity index (χ3n) is 3.26. The van der Waals surface area contributed by atoms with Crippen LogP contribution in [0.25, 0.3) is 0 Å². The summed E-state index contributed by atoms with van der Waals surface area (Å²) in [6.45, 7) is 0.265. The summed E-state index contributed by atoms with van der Waals surface area (Å²) >= 11 is 0.894. The van der Waals surface area contributed by atoms with Gasteiger partial charge in [0.2, 0.25) is 5.91 Å². The molecule has 142 valence electrons. The summed E-state index contributed by atoms with van der Waals surface area (Å²) in [5.41, 5.74) is 0.218. The Labute approximate surface area is 151 Å². The third-order valence-corrected chi connectivity index (χ3v) is 4.12. The lowest BCUT2D eigenvalue weighted by Gasteiger charge is -2.22. The van der Waals surface area contributed by atoms with Crippen molar-refractivity contribution >= 4 is 17.7 Å². The Bertz CT molecular complexity index is 775. The third kappa shape index (κ3) is 6.58. The van der Waals surface area contributed by atoms with Crippen LogP contribution in [0.5, 0.6) is 0 Å². The van der Waals surface area contributed by atoms with Crippen molar-refractivity contribution in [2.45, 2.75) is 37.6 Å². The van der Waals surface area contributed by atoms with E-state index in [-0.39, 0.29) is 28.8 Å². The molecule has 0 bridgehead atoms. The van der Waals surface area contributed by atoms with Gasteiger partial charge in [-0.1, -0.05) is 25.1 Å². The smallest absolute Gasteiger partial charge is 0.406 e. The van der Waals surface area contributed by atoms with Crippen LogP contribution in [-0.2, 0) is 17.8 Å². The number of H-pyrrole nitrogens is 1. The minimum atomic E-state index is -4.53. The number of hydrogen-bond acceptors (Lipinski definition) is 5. The molecule has 1 N–H and O–H groups in total. The number of hydrogen-bond donors (Lipinski definition) is 1. The highest BCUT2D eigenvalue weighted by molar-refractivity contribution is 7.99. The summed E-state index contributed by atoms with van der Waals surface area (Å²) < 4.78 is 43.3. The van der Waals surface area contributed by atoms with Crippen LogP contribution in [0.1, 0.15) is 24.8 Å². The molecule has 0 fully saturated rings. The summed E-state index contributed by atoms with van der Waals surface area (Å²) in [5, 5.41) is 0.208. The quantitative estimate of drug-likeness (QED) is 0.555. The molecule has 2 rings (SSSR count). The summed E-state index contributed by atoms with van der Waals surface area (Å²) in [6, 6.07) is 4.40. The van der Waals surface area contributed by atoms with Crippen LogP contribution in [-0.4, -0.2) is 39.2 Å². The van der Waals surface area contributed by atoms with Gasteiger partial charge in [0.25, 0.3) is 5.56 Å². The fraction of sp³-hybridized carbons (Fsp3) is 0.438. The molecule has 1 amide bonds. The molecule has 0 aliphatic carbocycles. The first kappa shape index (κ1) is 20.1. The highest BCUT2D eigenvalue weighted by Gasteiger charge is 2.33. The van der Waals surface area contributed by atoms with E-state index in [1.54, 1.807) is 0 Å². The predicted molar refractivity (Wildman–Crippen MR) is 89.8 cm³/mol. The fourth-order valence-corrected chi connectivity index (χ4v) is 2.99. The number of thioether (sulfide) groups is 1. The molecule has 0 aromatic carbocycles. The Morgan fingerprint density at radius 3 is 2.81 bits per heavy atom. The van der Waals surface area contributed by atoms with Crippen molar-refractivity contribution in [3.8, 4) is 0 Å². The zero-order valence-electron chi connectivity index (χ0n) is 14.0. The van der Waals surface area contributed by atoms with E-state index >= 15 is 0 Å². The van der Waals surface area contributed by atoms with E-state index < -0.39 is 18.6 Å². The maximum Gasteiger partial charge on any atom is 0.406 e. The molecule has 0 unspecified atom stereocenters. The maximum absolute atomic E-state index is 12.8. The number of alkyl halides is 3. The average Bonchev–Trinajstić information content (AvgIpc) is 3.03. The van der Waals surface area contributed by atoms with Crippen LogP contribution in [0.3, 0.4) is 0 Å². The normalized spacial score (nSPS) is 11.5. The van der Waals surface area contributed by atoms with E-state index in [4.69, 9.17) is 4.42 Å². The molecule has 2 aromatic heterocycles. The summed E-state index contributed by atoms with van der Waals surface area (Å²) in [5.74, 6) is -0.758. The van der Waals surface area contributed by atoms with E-state index in [2.05, 4.69) is 9.97 Å². The highest BCUT2D eigenvalue weighted by atomic mass is 32.2. The van der Waals surface area contributed by atoms with Crippen LogP contribution >= 0.6 is 11.8 Å². The number of halogens is 3. The molecule has 0 aliphatic heterocycles. The van der Waals surface area contributed by atoms with Crippen LogP contribution in [0.4, 0.5) is 13.2 Å². The molecule has 0 aliphatic rings. The van der Waals surface area contributed by atoms with Crippen LogP contribution in [0.2, 0.25) is 0 Å². The van der Waals surface area contributed by atoms with Gasteiger partial charge in [-0.05, 0) is 18.6 Å².